The van der Waals surface area contributed by atoms with Crippen molar-refractivity contribution in [3.63, 3.8) is 0 Å². The van der Waals surface area contributed by atoms with E-state index in [1.54, 1.807) is 13.8 Å². The Morgan fingerprint density at radius 1 is 1.70 bits per heavy atom. The Labute approximate surface area is 60.4 Å². The summed E-state index contributed by atoms with van der Waals surface area (Å²) in [4.78, 5) is 7.43. The molecule has 3 nitrogen and oxygen atoms in total. The van der Waals surface area contributed by atoms with Crippen molar-refractivity contribution in [1.29, 1.82) is 5.26 Å². The second-order valence-corrected chi connectivity index (χ2v) is 1.67. The standard InChI is InChI=1S/C7H9N3/c1-4-9-7(5-8)10-6(2)3/h4H,2H2,1,3H3/b9-4-,10-7-. The Morgan fingerprint density at radius 2 is 2.30 bits per heavy atom. The zero-order valence-corrected chi connectivity index (χ0v) is 6.13. The van der Waals surface area contributed by atoms with Crippen LogP contribution in [0.2, 0.25) is 0 Å². The van der Waals surface area contributed by atoms with Crippen molar-refractivity contribution in [2.24, 2.45) is 9.98 Å². The van der Waals surface area contributed by atoms with E-state index >= 15 is 0 Å². The number of nitriles is 1. The van der Waals surface area contributed by atoms with Crippen molar-refractivity contribution < 1.29 is 0 Å². The maximum Gasteiger partial charge on any atom is 0.232 e. The minimum absolute atomic E-state index is 0.148. The highest BCUT2D eigenvalue weighted by Crippen LogP contribution is 1.90. The lowest BCUT2D eigenvalue weighted by molar-refractivity contribution is 1.31. The number of rotatable bonds is 1. The van der Waals surface area contributed by atoms with Gasteiger partial charge in [0.2, 0.25) is 5.84 Å². The van der Waals surface area contributed by atoms with Crippen LogP contribution in [0, 0.1) is 11.3 Å². The Morgan fingerprint density at radius 3 is 2.60 bits per heavy atom. The largest absolute Gasteiger partial charge is 0.232 e. The molecule has 0 aliphatic carbocycles. The van der Waals surface area contributed by atoms with Gasteiger partial charge < -0.3 is 0 Å². The molecule has 0 heterocycles. The Bertz CT molecular complexity index is 217. The van der Waals surface area contributed by atoms with Gasteiger partial charge in [0.1, 0.15) is 6.07 Å². The van der Waals surface area contributed by atoms with Crippen molar-refractivity contribution in [3.8, 4) is 6.07 Å². The third-order valence-corrected chi connectivity index (χ3v) is 0.648. The minimum Gasteiger partial charge on any atom is -0.232 e. The molecule has 10 heavy (non-hydrogen) atoms. The molecule has 0 aromatic heterocycles. The summed E-state index contributed by atoms with van der Waals surface area (Å²) in [5.74, 6) is 0.148. The molecule has 52 valence electrons. The van der Waals surface area contributed by atoms with Crippen LogP contribution in [0.1, 0.15) is 13.8 Å². The third-order valence-electron chi connectivity index (χ3n) is 0.648. The fourth-order valence-electron chi connectivity index (χ4n) is 0.386. The molecular formula is C7H9N3. The predicted octanol–water partition coefficient (Wildman–Crippen LogP) is 1.53. The van der Waals surface area contributed by atoms with E-state index in [1.807, 2.05) is 6.07 Å². The highest BCUT2D eigenvalue weighted by Gasteiger charge is 1.88. The van der Waals surface area contributed by atoms with Crippen molar-refractivity contribution in [1.82, 2.24) is 0 Å². The number of hydrogen-bond donors (Lipinski definition) is 0. The van der Waals surface area contributed by atoms with Gasteiger partial charge in [-0.2, -0.15) is 5.26 Å². The summed E-state index contributed by atoms with van der Waals surface area (Å²) < 4.78 is 0. The Kier molecular flexibility index (Phi) is 3.81. The summed E-state index contributed by atoms with van der Waals surface area (Å²) in [7, 11) is 0. The molecule has 3 heteroatoms. The number of hydrogen-bond acceptors (Lipinski definition) is 2. The van der Waals surface area contributed by atoms with Crippen molar-refractivity contribution >= 4 is 12.1 Å². The molecular weight excluding hydrogens is 126 g/mol. The van der Waals surface area contributed by atoms with E-state index in [-0.39, 0.29) is 5.84 Å². The van der Waals surface area contributed by atoms with Crippen LogP contribution in [0.4, 0.5) is 0 Å². The van der Waals surface area contributed by atoms with Gasteiger partial charge in [-0.1, -0.05) is 6.58 Å². The molecule has 0 unspecified atom stereocenters. The van der Waals surface area contributed by atoms with Crippen LogP contribution in [0.25, 0.3) is 0 Å². The lowest BCUT2D eigenvalue weighted by Crippen LogP contribution is -1.88. The fraction of sp³-hybridized carbons (Fsp3) is 0.286. The molecule has 0 bridgehead atoms. The van der Waals surface area contributed by atoms with E-state index in [0.29, 0.717) is 5.70 Å². The quantitative estimate of drug-likeness (QED) is 0.397. The molecule has 0 aromatic rings. The van der Waals surface area contributed by atoms with Crippen molar-refractivity contribution in [3.05, 3.63) is 12.3 Å². The van der Waals surface area contributed by atoms with Gasteiger partial charge in [0.15, 0.2) is 0 Å². The molecule has 0 N–H and O–H groups in total. The zero-order chi connectivity index (χ0) is 7.98. The summed E-state index contributed by atoms with van der Waals surface area (Å²) in [6, 6.07) is 1.83. The average Bonchev–Trinajstić information content (AvgIpc) is 1.86. The molecule has 0 rings (SSSR count). The molecule has 0 amide bonds. The Balaban J connectivity index is 4.38. The van der Waals surface area contributed by atoms with Gasteiger partial charge in [-0.25, -0.2) is 9.98 Å². The van der Waals surface area contributed by atoms with Crippen LogP contribution in [-0.2, 0) is 0 Å². The van der Waals surface area contributed by atoms with E-state index in [1.165, 1.54) is 6.21 Å². The van der Waals surface area contributed by atoms with Crippen LogP contribution in [-0.4, -0.2) is 12.1 Å². The maximum atomic E-state index is 8.37. The minimum atomic E-state index is 0.148. The molecule has 0 atom stereocenters. The van der Waals surface area contributed by atoms with Crippen molar-refractivity contribution in [2.45, 2.75) is 13.8 Å². The fourth-order valence-corrected chi connectivity index (χ4v) is 0.386. The summed E-state index contributed by atoms with van der Waals surface area (Å²) in [5.41, 5.74) is 0.585. The van der Waals surface area contributed by atoms with Gasteiger partial charge >= 0.3 is 0 Å². The molecule has 0 aromatic carbocycles. The normalized spacial score (nSPS) is 11.5. The van der Waals surface area contributed by atoms with Gasteiger partial charge in [-0.3, -0.25) is 0 Å². The maximum absolute atomic E-state index is 8.37. The third kappa shape index (κ3) is 3.56. The molecule has 0 saturated heterocycles. The Hall–Kier alpha value is -1.43. The monoisotopic (exact) mass is 135 g/mol. The predicted molar refractivity (Wildman–Crippen MR) is 42.0 cm³/mol. The molecule has 0 spiro atoms. The smallest absolute Gasteiger partial charge is 0.232 e. The van der Waals surface area contributed by atoms with E-state index < -0.39 is 0 Å². The van der Waals surface area contributed by atoms with Crippen LogP contribution in [0.5, 0.6) is 0 Å². The van der Waals surface area contributed by atoms with Crippen LogP contribution in [0.3, 0.4) is 0 Å². The lowest BCUT2D eigenvalue weighted by Gasteiger charge is -1.85. The number of allylic oxidation sites excluding steroid dienone is 1. The van der Waals surface area contributed by atoms with Gasteiger partial charge in [0, 0.05) is 11.9 Å². The van der Waals surface area contributed by atoms with E-state index in [2.05, 4.69) is 16.6 Å². The highest BCUT2D eigenvalue weighted by molar-refractivity contribution is 6.01. The second kappa shape index (κ2) is 4.45. The first-order valence-electron chi connectivity index (χ1n) is 2.83. The lowest BCUT2D eigenvalue weighted by atomic mass is 10.5. The van der Waals surface area contributed by atoms with Gasteiger partial charge in [-0.15, -0.1) is 0 Å². The molecule has 0 radical (unpaired) electrons. The van der Waals surface area contributed by atoms with Gasteiger partial charge in [0.25, 0.3) is 0 Å². The highest BCUT2D eigenvalue weighted by atomic mass is 14.9. The number of aliphatic imine (C=N–C) groups is 2. The summed E-state index contributed by atoms with van der Waals surface area (Å²) in [5, 5.41) is 8.37. The summed E-state index contributed by atoms with van der Waals surface area (Å²) >= 11 is 0. The van der Waals surface area contributed by atoms with Gasteiger partial charge in [-0.05, 0) is 13.8 Å². The zero-order valence-electron chi connectivity index (χ0n) is 6.13. The molecule has 0 aliphatic rings. The van der Waals surface area contributed by atoms with E-state index in [0.717, 1.165) is 0 Å². The number of nitrogens with zero attached hydrogens (tertiary/aromatic N) is 3. The van der Waals surface area contributed by atoms with E-state index in [4.69, 9.17) is 5.26 Å². The molecule has 0 aliphatic heterocycles. The van der Waals surface area contributed by atoms with Gasteiger partial charge in [0.05, 0.1) is 0 Å². The first-order chi connectivity index (χ1) is 4.70. The molecule has 0 saturated carbocycles. The first kappa shape index (κ1) is 8.57. The first-order valence-corrected chi connectivity index (χ1v) is 2.83. The van der Waals surface area contributed by atoms with Crippen molar-refractivity contribution in [2.75, 3.05) is 0 Å². The van der Waals surface area contributed by atoms with Crippen LogP contribution < -0.4 is 0 Å². The van der Waals surface area contributed by atoms with Crippen LogP contribution >= 0.6 is 0 Å². The van der Waals surface area contributed by atoms with Crippen LogP contribution in [0.15, 0.2) is 22.3 Å². The second-order valence-electron chi connectivity index (χ2n) is 1.67. The summed E-state index contributed by atoms with van der Waals surface area (Å²) in [6.45, 7) is 6.95. The summed E-state index contributed by atoms with van der Waals surface area (Å²) in [6.07, 6.45) is 1.52. The average molecular weight is 135 g/mol. The number of amidine groups is 1. The topological polar surface area (TPSA) is 48.5 Å². The SMILES string of the molecule is C=C(C)/N=C(C#N)\N=C/C. The molecule has 0 fully saturated rings. The van der Waals surface area contributed by atoms with E-state index in [9.17, 15) is 0 Å².